The summed E-state index contributed by atoms with van der Waals surface area (Å²) in [5.74, 6) is -0.876. The lowest BCUT2D eigenvalue weighted by Crippen LogP contribution is -2.48. The molecule has 2 aromatic carbocycles. The van der Waals surface area contributed by atoms with Gasteiger partial charge in [0.1, 0.15) is 0 Å². The van der Waals surface area contributed by atoms with Gasteiger partial charge in [-0.1, -0.05) is 24.3 Å². The van der Waals surface area contributed by atoms with Gasteiger partial charge >= 0.3 is 0 Å². The quantitative estimate of drug-likeness (QED) is 0.805. The highest BCUT2D eigenvalue weighted by molar-refractivity contribution is 6.21. The van der Waals surface area contributed by atoms with E-state index in [1.54, 1.807) is 48.5 Å². The van der Waals surface area contributed by atoms with E-state index in [0.717, 1.165) is 0 Å². The molecule has 0 radical (unpaired) electrons. The molecule has 26 heavy (non-hydrogen) atoms. The number of hydrogen-bond donors (Lipinski definition) is 2. The number of nitrogens with two attached hydrogens (primary N) is 1. The zero-order valence-corrected chi connectivity index (χ0v) is 14.8. The number of hydrogen-bond acceptors (Lipinski definition) is 4. The van der Waals surface area contributed by atoms with Crippen LogP contribution in [-0.4, -0.2) is 34.7 Å². The summed E-state index contributed by atoms with van der Waals surface area (Å²) in [6.45, 7) is 4.11. The first-order chi connectivity index (χ1) is 12.3. The highest BCUT2D eigenvalue weighted by Crippen LogP contribution is 2.24. The normalized spacial score (nSPS) is 13.7. The van der Waals surface area contributed by atoms with Crippen molar-refractivity contribution >= 4 is 17.7 Å². The first-order valence-corrected chi connectivity index (χ1v) is 8.39. The predicted molar refractivity (Wildman–Crippen MR) is 97.7 cm³/mol. The summed E-state index contributed by atoms with van der Waals surface area (Å²) in [4.78, 5) is 38.5. The van der Waals surface area contributed by atoms with Gasteiger partial charge in [0.05, 0.1) is 17.7 Å². The third-order valence-corrected chi connectivity index (χ3v) is 4.37. The fourth-order valence-electron chi connectivity index (χ4n) is 2.81. The molecule has 3 rings (SSSR count). The molecule has 1 aliphatic heterocycles. The zero-order chi connectivity index (χ0) is 18.9. The summed E-state index contributed by atoms with van der Waals surface area (Å²) in [6.07, 6.45) is 0. The standard InChI is InChI=1S/C20H21N3O3/c1-20(2,12-21)22-17(24)14-7-5-6-13(10-14)11-23-18(25)15-8-3-4-9-16(15)19(23)26/h3-10H,11-12,21H2,1-2H3,(H,22,24). The van der Waals surface area contributed by atoms with Crippen molar-refractivity contribution in [3.63, 3.8) is 0 Å². The van der Waals surface area contributed by atoms with Crippen molar-refractivity contribution in [2.24, 2.45) is 5.73 Å². The predicted octanol–water partition coefficient (Wildman–Crippen LogP) is 1.95. The molecule has 1 aliphatic rings. The number of nitrogens with zero attached hydrogens (tertiary/aromatic N) is 1. The van der Waals surface area contributed by atoms with E-state index in [4.69, 9.17) is 5.73 Å². The molecule has 3 amide bonds. The highest BCUT2D eigenvalue weighted by atomic mass is 16.2. The van der Waals surface area contributed by atoms with E-state index < -0.39 is 5.54 Å². The van der Waals surface area contributed by atoms with Crippen LogP contribution in [0.2, 0.25) is 0 Å². The smallest absolute Gasteiger partial charge is 0.261 e. The average Bonchev–Trinajstić information content (AvgIpc) is 2.87. The van der Waals surface area contributed by atoms with Gasteiger partial charge in [-0.15, -0.1) is 0 Å². The Kier molecular flexibility index (Phi) is 4.61. The Bertz CT molecular complexity index is 854. The van der Waals surface area contributed by atoms with E-state index in [-0.39, 0.29) is 24.3 Å². The van der Waals surface area contributed by atoms with Crippen LogP contribution in [-0.2, 0) is 6.54 Å². The van der Waals surface area contributed by atoms with Gasteiger partial charge in [0, 0.05) is 17.6 Å². The maximum atomic E-state index is 12.5. The lowest BCUT2D eigenvalue weighted by Gasteiger charge is -2.24. The van der Waals surface area contributed by atoms with Gasteiger partial charge in [0.15, 0.2) is 0 Å². The number of carbonyl (C=O) groups is 3. The minimum atomic E-state index is -0.518. The molecule has 0 saturated heterocycles. The van der Waals surface area contributed by atoms with Crippen molar-refractivity contribution in [2.45, 2.75) is 25.9 Å². The molecule has 0 bridgehead atoms. The van der Waals surface area contributed by atoms with Crippen molar-refractivity contribution in [2.75, 3.05) is 6.54 Å². The molecule has 0 aliphatic carbocycles. The average molecular weight is 351 g/mol. The fraction of sp³-hybridized carbons (Fsp3) is 0.250. The van der Waals surface area contributed by atoms with E-state index in [1.807, 2.05) is 13.8 Å². The van der Waals surface area contributed by atoms with Gasteiger partial charge in [0.2, 0.25) is 0 Å². The Morgan fingerprint density at radius 2 is 1.65 bits per heavy atom. The second-order valence-corrected chi connectivity index (χ2v) is 6.98. The molecule has 2 aromatic rings. The summed E-state index contributed by atoms with van der Waals surface area (Å²) in [5.41, 5.74) is 7.12. The molecule has 0 unspecified atom stereocenters. The summed E-state index contributed by atoms with van der Waals surface area (Å²) in [7, 11) is 0. The summed E-state index contributed by atoms with van der Waals surface area (Å²) in [5, 5.41) is 2.86. The molecule has 0 spiro atoms. The molecule has 134 valence electrons. The Morgan fingerprint density at radius 3 is 2.23 bits per heavy atom. The van der Waals surface area contributed by atoms with Crippen LogP contribution in [0.5, 0.6) is 0 Å². The van der Waals surface area contributed by atoms with Crippen molar-refractivity contribution in [1.82, 2.24) is 10.2 Å². The molecule has 6 heteroatoms. The van der Waals surface area contributed by atoms with Crippen LogP contribution < -0.4 is 11.1 Å². The summed E-state index contributed by atoms with van der Waals surface area (Å²) < 4.78 is 0. The first-order valence-electron chi connectivity index (χ1n) is 8.39. The second-order valence-electron chi connectivity index (χ2n) is 6.98. The topological polar surface area (TPSA) is 92.5 Å². The lowest BCUT2D eigenvalue weighted by atomic mass is 10.0. The fourth-order valence-corrected chi connectivity index (χ4v) is 2.81. The Labute approximate surface area is 152 Å². The molecule has 0 aromatic heterocycles. The summed E-state index contributed by atoms with van der Waals surface area (Å²) >= 11 is 0. The van der Waals surface area contributed by atoms with E-state index in [1.165, 1.54) is 4.90 Å². The molecule has 6 nitrogen and oxygen atoms in total. The number of carbonyl (C=O) groups excluding carboxylic acids is 3. The van der Waals surface area contributed by atoms with Crippen LogP contribution in [0.3, 0.4) is 0 Å². The number of fused-ring (bicyclic) bond motifs is 1. The molecule has 0 atom stereocenters. The van der Waals surface area contributed by atoms with Crippen molar-refractivity contribution in [1.29, 1.82) is 0 Å². The molecule has 3 N–H and O–H groups in total. The Balaban J connectivity index is 1.79. The van der Waals surface area contributed by atoms with Crippen LogP contribution in [0.4, 0.5) is 0 Å². The van der Waals surface area contributed by atoms with Gasteiger partial charge in [-0.2, -0.15) is 0 Å². The van der Waals surface area contributed by atoms with Crippen molar-refractivity contribution in [3.05, 3.63) is 70.8 Å². The number of rotatable bonds is 5. The van der Waals surface area contributed by atoms with E-state index in [9.17, 15) is 14.4 Å². The largest absolute Gasteiger partial charge is 0.346 e. The van der Waals surface area contributed by atoms with Crippen LogP contribution >= 0.6 is 0 Å². The van der Waals surface area contributed by atoms with E-state index in [0.29, 0.717) is 28.8 Å². The Morgan fingerprint density at radius 1 is 1.04 bits per heavy atom. The third-order valence-electron chi connectivity index (χ3n) is 4.37. The van der Waals surface area contributed by atoms with Gasteiger partial charge in [-0.3, -0.25) is 19.3 Å². The zero-order valence-electron chi connectivity index (χ0n) is 14.8. The maximum Gasteiger partial charge on any atom is 0.261 e. The highest BCUT2D eigenvalue weighted by Gasteiger charge is 2.35. The minimum absolute atomic E-state index is 0.119. The number of imide groups is 1. The SMILES string of the molecule is CC(C)(CN)NC(=O)c1cccc(CN2C(=O)c3ccccc3C2=O)c1. The summed E-state index contributed by atoms with van der Waals surface area (Å²) in [6, 6.07) is 13.7. The number of benzene rings is 2. The van der Waals surface area contributed by atoms with Crippen molar-refractivity contribution in [3.8, 4) is 0 Å². The first kappa shape index (κ1) is 17.8. The number of nitrogens with one attached hydrogen (secondary N) is 1. The number of amides is 3. The van der Waals surface area contributed by atoms with Gasteiger partial charge < -0.3 is 11.1 Å². The molecular weight excluding hydrogens is 330 g/mol. The van der Waals surface area contributed by atoms with Crippen molar-refractivity contribution < 1.29 is 14.4 Å². The third kappa shape index (κ3) is 3.36. The van der Waals surface area contributed by atoms with E-state index >= 15 is 0 Å². The van der Waals surface area contributed by atoms with Crippen LogP contribution in [0.15, 0.2) is 48.5 Å². The maximum absolute atomic E-state index is 12.5. The van der Waals surface area contributed by atoms with Crippen LogP contribution in [0, 0.1) is 0 Å². The second kappa shape index (κ2) is 6.72. The van der Waals surface area contributed by atoms with Crippen LogP contribution in [0.25, 0.3) is 0 Å². The monoisotopic (exact) mass is 351 g/mol. The molecule has 1 heterocycles. The molecule has 0 saturated carbocycles. The van der Waals surface area contributed by atoms with Crippen LogP contribution in [0.1, 0.15) is 50.5 Å². The minimum Gasteiger partial charge on any atom is -0.346 e. The van der Waals surface area contributed by atoms with Gasteiger partial charge in [0.25, 0.3) is 17.7 Å². The molecular formula is C20H21N3O3. The Hall–Kier alpha value is -2.99. The van der Waals surface area contributed by atoms with Gasteiger partial charge in [-0.05, 0) is 43.7 Å². The van der Waals surface area contributed by atoms with Gasteiger partial charge in [-0.25, -0.2) is 0 Å². The van der Waals surface area contributed by atoms with E-state index in [2.05, 4.69) is 5.32 Å². The lowest BCUT2D eigenvalue weighted by molar-refractivity contribution is 0.0642. The molecule has 0 fully saturated rings.